The predicted molar refractivity (Wildman–Crippen MR) is 62.4 cm³/mol. The van der Waals surface area contributed by atoms with Crippen LogP contribution in [0.15, 0.2) is 4.58 Å². The minimum atomic E-state index is 0.116. The van der Waals surface area contributed by atoms with E-state index in [0.29, 0.717) is 0 Å². The highest BCUT2D eigenvalue weighted by Gasteiger charge is 2.34. The third-order valence-electron chi connectivity index (χ3n) is 3.09. The maximum Gasteiger partial charge on any atom is 0.0539 e. The van der Waals surface area contributed by atoms with Crippen LogP contribution in [0.4, 0.5) is 0 Å². The van der Waals surface area contributed by atoms with Crippen molar-refractivity contribution < 1.29 is 0 Å². The second-order valence-corrected chi connectivity index (χ2v) is 5.44. The largest absolute Gasteiger partial charge is 0.305 e. The predicted octanol–water partition coefficient (Wildman–Crippen LogP) is 3.06. The Bertz CT molecular complexity index is 181. The highest BCUT2D eigenvalue weighted by atomic mass is 32.2. The van der Waals surface area contributed by atoms with Gasteiger partial charge in [-0.25, -0.2) is 0 Å². The van der Waals surface area contributed by atoms with Crippen molar-refractivity contribution in [3.8, 4) is 0 Å². The molecule has 0 unspecified atom stereocenters. The van der Waals surface area contributed by atoms with Crippen LogP contribution in [-0.2, 0) is 0 Å². The van der Waals surface area contributed by atoms with Crippen LogP contribution in [0.2, 0.25) is 0 Å². The van der Waals surface area contributed by atoms with Gasteiger partial charge in [-0.2, -0.15) is 0 Å². The van der Waals surface area contributed by atoms with Gasteiger partial charge in [0, 0.05) is 23.1 Å². The van der Waals surface area contributed by atoms with Crippen LogP contribution in [0.25, 0.3) is 0 Å². The van der Waals surface area contributed by atoms with Crippen molar-refractivity contribution >= 4 is 11.9 Å². The van der Waals surface area contributed by atoms with Crippen LogP contribution in [0.1, 0.15) is 39.0 Å². The van der Waals surface area contributed by atoms with Crippen LogP contribution < -0.4 is 0 Å². The van der Waals surface area contributed by atoms with Gasteiger partial charge in [0.1, 0.15) is 0 Å². The minimum absolute atomic E-state index is 0.116. The molecule has 0 radical (unpaired) electrons. The third kappa shape index (κ3) is 3.24. The van der Waals surface area contributed by atoms with Gasteiger partial charge in [0.25, 0.3) is 0 Å². The van der Waals surface area contributed by atoms with E-state index in [-0.39, 0.29) is 4.75 Å². The van der Waals surface area contributed by atoms with E-state index in [9.17, 15) is 4.91 Å². The molecule has 0 aromatic heterocycles. The molecule has 0 N–H and O–H groups in total. The Morgan fingerprint density at radius 2 is 2.00 bits per heavy atom. The third-order valence-corrected chi connectivity index (χ3v) is 4.09. The van der Waals surface area contributed by atoms with E-state index >= 15 is 0 Å². The molecular weight excluding hydrogens is 196 g/mol. The molecule has 3 nitrogen and oxygen atoms in total. The minimum Gasteiger partial charge on any atom is -0.305 e. The van der Waals surface area contributed by atoms with E-state index in [1.807, 2.05) is 0 Å². The first-order valence-electron chi connectivity index (χ1n) is 5.42. The van der Waals surface area contributed by atoms with E-state index in [4.69, 9.17) is 0 Å². The molecule has 1 aliphatic rings. The van der Waals surface area contributed by atoms with Crippen LogP contribution >= 0.6 is 11.9 Å². The molecule has 0 bridgehead atoms. The van der Waals surface area contributed by atoms with Gasteiger partial charge in [-0.3, -0.25) is 0 Å². The van der Waals surface area contributed by atoms with Crippen molar-refractivity contribution in [3.63, 3.8) is 0 Å². The lowest BCUT2D eigenvalue weighted by molar-refractivity contribution is 0.267. The van der Waals surface area contributed by atoms with Crippen molar-refractivity contribution in [2.24, 2.45) is 4.58 Å². The van der Waals surface area contributed by atoms with Crippen molar-refractivity contribution in [1.29, 1.82) is 0 Å². The van der Waals surface area contributed by atoms with Crippen molar-refractivity contribution in [2.75, 3.05) is 20.1 Å². The smallest absolute Gasteiger partial charge is 0.0539 e. The topological polar surface area (TPSA) is 32.7 Å². The van der Waals surface area contributed by atoms with Gasteiger partial charge in [-0.1, -0.05) is 26.2 Å². The maximum absolute atomic E-state index is 10.4. The summed E-state index contributed by atoms with van der Waals surface area (Å²) >= 11 is 1.27. The Morgan fingerprint density at radius 1 is 1.36 bits per heavy atom. The Balaban J connectivity index is 2.54. The van der Waals surface area contributed by atoms with Gasteiger partial charge in [-0.05, 0) is 26.4 Å². The summed E-state index contributed by atoms with van der Waals surface area (Å²) in [6, 6.07) is 0. The second kappa shape index (κ2) is 5.71. The molecular formula is C10H20N2OS. The van der Waals surface area contributed by atoms with Crippen molar-refractivity contribution in [3.05, 3.63) is 4.91 Å². The van der Waals surface area contributed by atoms with Crippen LogP contribution in [-0.4, -0.2) is 29.8 Å². The average Bonchev–Trinajstić information content (AvgIpc) is 2.19. The first-order chi connectivity index (χ1) is 6.72. The summed E-state index contributed by atoms with van der Waals surface area (Å²) in [6.45, 7) is 4.19. The molecule has 0 aliphatic heterocycles. The first-order valence-corrected chi connectivity index (χ1v) is 6.19. The highest BCUT2D eigenvalue weighted by Crippen LogP contribution is 2.40. The SMILES string of the molecule is CCN(C)CC1(SN=O)CCCCC1. The van der Waals surface area contributed by atoms with E-state index in [1.165, 1.54) is 31.2 Å². The molecule has 1 aliphatic carbocycles. The number of rotatable bonds is 5. The van der Waals surface area contributed by atoms with Gasteiger partial charge in [-0.15, -0.1) is 4.91 Å². The number of hydrogen-bond acceptors (Lipinski definition) is 4. The van der Waals surface area contributed by atoms with E-state index in [0.717, 1.165) is 25.9 Å². The first kappa shape index (κ1) is 12.0. The van der Waals surface area contributed by atoms with Crippen molar-refractivity contribution in [1.82, 2.24) is 4.90 Å². The number of nitroso groups, excluding NO2 is 1. The molecule has 14 heavy (non-hydrogen) atoms. The van der Waals surface area contributed by atoms with E-state index < -0.39 is 0 Å². The fourth-order valence-electron chi connectivity index (χ4n) is 2.16. The molecule has 0 amide bonds. The highest BCUT2D eigenvalue weighted by molar-refractivity contribution is 7.99. The summed E-state index contributed by atoms with van der Waals surface area (Å²) in [6.07, 6.45) is 6.11. The van der Waals surface area contributed by atoms with Gasteiger partial charge < -0.3 is 4.90 Å². The molecule has 0 saturated heterocycles. The summed E-state index contributed by atoms with van der Waals surface area (Å²) < 4.78 is 3.17. The van der Waals surface area contributed by atoms with Gasteiger partial charge >= 0.3 is 0 Å². The number of hydrogen-bond donors (Lipinski definition) is 0. The molecule has 4 heteroatoms. The fourth-order valence-corrected chi connectivity index (χ4v) is 3.06. The molecule has 82 valence electrons. The molecule has 0 atom stereocenters. The molecule has 1 saturated carbocycles. The molecule has 0 heterocycles. The molecule has 1 fully saturated rings. The average molecular weight is 216 g/mol. The summed E-state index contributed by atoms with van der Waals surface area (Å²) in [7, 11) is 2.11. The molecule has 0 aromatic rings. The zero-order valence-corrected chi connectivity index (χ0v) is 9.98. The monoisotopic (exact) mass is 216 g/mol. The Kier molecular flexibility index (Phi) is 4.89. The second-order valence-electron chi connectivity index (χ2n) is 4.24. The van der Waals surface area contributed by atoms with Crippen LogP contribution in [0, 0.1) is 4.91 Å². The quantitative estimate of drug-likeness (QED) is 0.523. The molecule has 0 spiro atoms. The molecule has 1 rings (SSSR count). The lowest BCUT2D eigenvalue weighted by atomic mass is 9.88. The zero-order valence-electron chi connectivity index (χ0n) is 9.16. The Hall–Kier alpha value is -0.0900. The van der Waals surface area contributed by atoms with Gasteiger partial charge in [0.15, 0.2) is 0 Å². The van der Waals surface area contributed by atoms with Crippen LogP contribution in [0.5, 0.6) is 0 Å². The number of nitrogens with zero attached hydrogens (tertiary/aromatic N) is 2. The van der Waals surface area contributed by atoms with E-state index in [1.54, 1.807) is 0 Å². The Labute approximate surface area is 90.7 Å². The summed E-state index contributed by atoms with van der Waals surface area (Å²) in [4.78, 5) is 12.7. The summed E-state index contributed by atoms with van der Waals surface area (Å²) in [5.74, 6) is 0. The standard InChI is InChI=1S/C10H20N2OS/c1-3-12(2)9-10(14-11-13)7-5-4-6-8-10/h3-9H2,1-2H3. The maximum atomic E-state index is 10.4. The summed E-state index contributed by atoms with van der Waals surface area (Å²) in [5.41, 5.74) is 0. The van der Waals surface area contributed by atoms with E-state index in [2.05, 4.69) is 23.5 Å². The lowest BCUT2D eigenvalue weighted by Crippen LogP contribution is -2.40. The molecule has 0 aromatic carbocycles. The summed E-state index contributed by atoms with van der Waals surface area (Å²) in [5, 5.41) is 0. The van der Waals surface area contributed by atoms with Crippen LogP contribution in [0.3, 0.4) is 0 Å². The lowest BCUT2D eigenvalue weighted by Gasteiger charge is -2.36. The van der Waals surface area contributed by atoms with Crippen molar-refractivity contribution in [2.45, 2.75) is 43.8 Å². The normalized spacial score (nSPS) is 21.1. The van der Waals surface area contributed by atoms with Gasteiger partial charge in [0.05, 0.1) is 4.75 Å². The van der Waals surface area contributed by atoms with Gasteiger partial charge in [0.2, 0.25) is 0 Å². The zero-order chi connectivity index (χ0) is 10.4. The fraction of sp³-hybridized carbons (Fsp3) is 1.00. The Morgan fingerprint density at radius 3 is 2.50 bits per heavy atom.